The van der Waals surface area contributed by atoms with Crippen LogP contribution in [0.4, 0.5) is 17.1 Å². The van der Waals surface area contributed by atoms with Gasteiger partial charge in [0.05, 0.1) is 14.7 Å². The van der Waals surface area contributed by atoms with Crippen LogP contribution in [0, 0.1) is 33.1 Å². The molecular weight excluding hydrogens is 428 g/mol. The van der Waals surface area contributed by atoms with E-state index in [1.54, 1.807) is 6.92 Å². The second-order valence-electron chi connectivity index (χ2n) is 7.18. The molecule has 1 fully saturated rings. The first-order valence-electron chi connectivity index (χ1n) is 9.40. The number of hydrogen-bond acceptors (Lipinski definition) is 7. The minimum Gasteiger partial charge on any atom is -0.326 e. The van der Waals surface area contributed by atoms with Gasteiger partial charge in [-0.1, -0.05) is 12.1 Å². The molecule has 31 heavy (non-hydrogen) atoms. The predicted molar refractivity (Wildman–Crippen MR) is 111 cm³/mol. The van der Waals surface area contributed by atoms with E-state index in [9.17, 15) is 33.4 Å². The Morgan fingerprint density at radius 3 is 2.26 bits per heavy atom. The Morgan fingerprint density at radius 1 is 1.03 bits per heavy atom. The van der Waals surface area contributed by atoms with Crippen molar-refractivity contribution in [1.29, 1.82) is 0 Å². The monoisotopic (exact) mass is 448 g/mol. The number of hydrogen-bond donors (Lipinski definition) is 1. The summed E-state index contributed by atoms with van der Waals surface area (Å²) in [6.07, 6.45) is 0.516. The Morgan fingerprint density at radius 2 is 1.65 bits per heavy atom. The number of nitro benzene ring substituents is 2. The highest BCUT2D eigenvalue weighted by Crippen LogP contribution is 2.29. The van der Waals surface area contributed by atoms with Gasteiger partial charge in [0, 0.05) is 49.0 Å². The number of rotatable bonds is 6. The van der Waals surface area contributed by atoms with E-state index in [1.807, 2.05) is 0 Å². The van der Waals surface area contributed by atoms with Crippen LogP contribution in [-0.2, 0) is 14.8 Å². The first kappa shape index (κ1) is 22.3. The van der Waals surface area contributed by atoms with Crippen molar-refractivity contribution in [3.05, 3.63) is 68.3 Å². The van der Waals surface area contributed by atoms with Crippen LogP contribution in [-0.4, -0.2) is 41.6 Å². The molecule has 0 radical (unpaired) electrons. The lowest BCUT2D eigenvalue weighted by atomic mass is 9.97. The first-order chi connectivity index (χ1) is 14.6. The van der Waals surface area contributed by atoms with Crippen molar-refractivity contribution in [2.75, 3.05) is 18.4 Å². The molecule has 3 rings (SSSR count). The Labute approximate surface area is 178 Å². The molecule has 0 aliphatic carbocycles. The van der Waals surface area contributed by atoms with E-state index in [2.05, 4.69) is 5.32 Å². The van der Waals surface area contributed by atoms with Crippen molar-refractivity contribution < 1.29 is 23.1 Å². The second kappa shape index (κ2) is 8.78. The molecule has 0 aromatic heterocycles. The smallest absolute Gasteiger partial charge is 0.271 e. The van der Waals surface area contributed by atoms with Crippen LogP contribution < -0.4 is 5.32 Å². The molecular formula is C19H20N4O7S. The number of carbonyl (C=O) groups excluding carboxylic acids is 1. The number of non-ortho nitro benzene ring substituents is 2. The van der Waals surface area contributed by atoms with Crippen molar-refractivity contribution in [3.63, 3.8) is 0 Å². The number of anilines is 1. The molecule has 0 spiro atoms. The molecule has 1 heterocycles. The van der Waals surface area contributed by atoms with Crippen LogP contribution in [0.5, 0.6) is 0 Å². The van der Waals surface area contributed by atoms with Gasteiger partial charge >= 0.3 is 0 Å². The molecule has 1 N–H and O–H groups in total. The number of benzene rings is 2. The zero-order valence-corrected chi connectivity index (χ0v) is 17.4. The van der Waals surface area contributed by atoms with Crippen LogP contribution in [0.25, 0.3) is 0 Å². The van der Waals surface area contributed by atoms with Gasteiger partial charge in [0.25, 0.3) is 11.4 Å². The maximum Gasteiger partial charge on any atom is 0.271 e. The minimum atomic E-state index is -3.95. The number of nitro groups is 2. The van der Waals surface area contributed by atoms with Gasteiger partial charge < -0.3 is 5.32 Å². The topological polar surface area (TPSA) is 153 Å². The summed E-state index contributed by atoms with van der Waals surface area (Å²) in [4.78, 5) is 33.1. The number of nitrogens with zero attached hydrogens (tertiary/aromatic N) is 3. The predicted octanol–water partition coefficient (Wildman–Crippen LogP) is 2.85. The molecule has 0 bridgehead atoms. The average molecular weight is 448 g/mol. The number of nitrogens with one attached hydrogen (secondary N) is 1. The third-order valence-electron chi connectivity index (χ3n) is 5.15. The van der Waals surface area contributed by atoms with E-state index in [0.29, 0.717) is 11.3 Å². The van der Waals surface area contributed by atoms with E-state index in [1.165, 1.54) is 40.7 Å². The first-order valence-corrected chi connectivity index (χ1v) is 10.8. The number of amides is 1. The fraction of sp³-hybridized carbons (Fsp3) is 0.316. The zero-order chi connectivity index (χ0) is 22.8. The van der Waals surface area contributed by atoms with Crippen LogP contribution >= 0.6 is 0 Å². The molecule has 0 atom stereocenters. The highest BCUT2D eigenvalue weighted by molar-refractivity contribution is 7.89. The summed E-state index contributed by atoms with van der Waals surface area (Å²) >= 11 is 0. The van der Waals surface area contributed by atoms with Gasteiger partial charge in [0.15, 0.2) is 0 Å². The molecule has 0 unspecified atom stereocenters. The Bertz CT molecular complexity index is 1140. The molecule has 12 heteroatoms. The molecule has 2 aromatic carbocycles. The van der Waals surface area contributed by atoms with Crippen LogP contribution in [0.3, 0.4) is 0 Å². The third kappa shape index (κ3) is 4.86. The van der Waals surface area contributed by atoms with Crippen molar-refractivity contribution in [1.82, 2.24) is 4.31 Å². The van der Waals surface area contributed by atoms with E-state index in [0.717, 1.165) is 6.07 Å². The average Bonchev–Trinajstić information content (AvgIpc) is 2.74. The Hall–Kier alpha value is -3.38. The summed E-state index contributed by atoms with van der Waals surface area (Å²) in [6, 6.07) is 9.26. The molecule has 1 amide bonds. The SMILES string of the molecule is Cc1ccc([N+](=O)[O-])cc1S(=O)(=O)N1CCC(C(=O)Nc2cccc([N+](=O)[O-])c2)CC1. The quantitative estimate of drug-likeness (QED) is 0.526. The van der Waals surface area contributed by atoms with Gasteiger partial charge in [0.1, 0.15) is 0 Å². The van der Waals surface area contributed by atoms with Gasteiger partial charge in [-0.3, -0.25) is 25.0 Å². The van der Waals surface area contributed by atoms with E-state index in [4.69, 9.17) is 0 Å². The van der Waals surface area contributed by atoms with Gasteiger partial charge in [0.2, 0.25) is 15.9 Å². The lowest BCUT2D eigenvalue weighted by Gasteiger charge is -2.30. The molecule has 11 nitrogen and oxygen atoms in total. The van der Waals surface area contributed by atoms with Crippen molar-refractivity contribution in [2.24, 2.45) is 5.92 Å². The van der Waals surface area contributed by atoms with Crippen LogP contribution in [0.15, 0.2) is 47.4 Å². The summed E-state index contributed by atoms with van der Waals surface area (Å²) in [7, 11) is -3.95. The minimum absolute atomic E-state index is 0.0808. The van der Waals surface area contributed by atoms with Gasteiger partial charge in [-0.15, -0.1) is 0 Å². The highest BCUT2D eigenvalue weighted by atomic mass is 32.2. The van der Waals surface area contributed by atoms with Crippen molar-refractivity contribution >= 4 is 33.0 Å². The third-order valence-corrected chi connectivity index (χ3v) is 7.19. The fourth-order valence-electron chi connectivity index (χ4n) is 3.42. The number of piperidine rings is 1. The molecule has 0 saturated carbocycles. The summed E-state index contributed by atoms with van der Waals surface area (Å²) in [5, 5.41) is 24.5. The fourth-order valence-corrected chi connectivity index (χ4v) is 5.13. The Balaban J connectivity index is 1.68. The zero-order valence-electron chi connectivity index (χ0n) is 16.6. The Kier molecular flexibility index (Phi) is 6.32. The van der Waals surface area contributed by atoms with Gasteiger partial charge in [-0.25, -0.2) is 8.42 Å². The summed E-state index contributed by atoms with van der Waals surface area (Å²) < 4.78 is 27.2. The highest BCUT2D eigenvalue weighted by Gasteiger charge is 2.33. The van der Waals surface area contributed by atoms with Crippen LogP contribution in [0.1, 0.15) is 18.4 Å². The second-order valence-corrected chi connectivity index (χ2v) is 9.09. The molecule has 164 valence electrons. The summed E-state index contributed by atoms with van der Waals surface area (Å²) in [6.45, 7) is 1.73. The maximum absolute atomic E-state index is 13.0. The number of aryl methyl sites for hydroxylation is 1. The lowest BCUT2D eigenvalue weighted by molar-refractivity contribution is -0.385. The molecule has 2 aromatic rings. The lowest BCUT2D eigenvalue weighted by Crippen LogP contribution is -2.41. The molecule has 1 aliphatic heterocycles. The van der Waals surface area contributed by atoms with E-state index < -0.39 is 25.8 Å². The maximum atomic E-state index is 13.0. The number of sulfonamides is 1. The normalized spacial score (nSPS) is 15.4. The van der Waals surface area contributed by atoms with Crippen LogP contribution in [0.2, 0.25) is 0 Å². The largest absolute Gasteiger partial charge is 0.326 e. The standard InChI is InChI=1S/C19H20N4O7S/c1-13-5-6-17(23(27)28)12-18(13)31(29,30)21-9-7-14(8-10-21)19(24)20-15-3-2-4-16(11-15)22(25)26/h2-6,11-12,14H,7-10H2,1H3,(H,20,24). The molecule has 1 saturated heterocycles. The van der Waals surface area contributed by atoms with E-state index >= 15 is 0 Å². The van der Waals surface area contributed by atoms with Crippen molar-refractivity contribution in [3.8, 4) is 0 Å². The number of carbonyl (C=O) groups is 1. The van der Waals surface area contributed by atoms with Gasteiger partial charge in [-0.05, 0) is 31.4 Å². The van der Waals surface area contributed by atoms with E-state index in [-0.39, 0.29) is 48.1 Å². The van der Waals surface area contributed by atoms with Gasteiger partial charge in [-0.2, -0.15) is 4.31 Å². The van der Waals surface area contributed by atoms with Crippen molar-refractivity contribution in [2.45, 2.75) is 24.7 Å². The molecule has 1 aliphatic rings. The summed E-state index contributed by atoms with van der Waals surface area (Å²) in [5.74, 6) is -0.805. The summed E-state index contributed by atoms with van der Waals surface area (Å²) in [5.41, 5.74) is 0.235.